The summed E-state index contributed by atoms with van der Waals surface area (Å²) in [5.74, 6) is 3.17. The minimum absolute atomic E-state index is 0. The van der Waals surface area contributed by atoms with Crippen LogP contribution in [0.3, 0.4) is 0 Å². The van der Waals surface area contributed by atoms with Gasteiger partial charge in [-0.1, -0.05) is 38.1 Å². The van der Waals surface area contributed by atoms with Crippen molar-refractivity contribution in [2.45, 2.75) is 19.3 Å². The van der Waals surface area contributed by atoms with Crippen LogP contribution in [0, 0.1) is 0 Å². The first-order valence-corrected chi connectivity index (χ1v) is 12.3. The smallest absolute Gasteiger partial charge is 0.122 e. The minimum Gasteiger partial charge on any atom is -0.490 e. The van der Waals surface area contributed by atoms with E-state index in [1.54, 1.807) is 0 Å². The molecule has 0 fully saturated rings. The Bertz CT molecular complexity index is 1150. The number of ether oxygens (including phenoxy) is 4. The van der Waals surface area contributed by atoms with Crippen LogP contribution >= 0.6 is 0 Å². The van der Waals surface area contributed by atoms with Crippen LogP contribution in [0.1, 0.15) is 25.0 Å². The van der Waals surface area contributed by atoms with Crippen molar-refractivity contribution in [3.63, 3.8) is 0 Å². The molecule has 0 aliphatic carbocycles. The van der Waals surface area contributed by atoms with Gasteiger partial charge in [-0.3, -0.25) is 0 Å². The van der Waals surface area contributed by atoms with Crippen LogP contribution in [0.25, 0.3) is 0 Å². The molecule has 0 atom stereocenters. The molecule has 4 rings (SSSR count). The quantitative estimate of drug-likeness (QED) is 0.120. The zero-order valence-corrected chi connectivity index (χ0v) is 22.8. The Morgan fingerprint density at radius 2 is 0.667 bits per heavy atom. The molecule has 4 aromatic rings. The number of anilines is 2. The van der Waals surface area contributed by atoms with Gasteiger partial charge in [0.1, 0.15) is 49.4 Å². The van der Waals surface area contributed by atoms with Gasteiger partial charge in [0, 0.05) is 16.8 Å². The van der Waals surface area contributed by atoms with Crippen LogP contribution in [0.4, 0.5) is 11.4 Å². The number of nitrogens with two attached hydrogens (primary N) is 2. The lowest BCUT2D eigenvalue weighted by atomic mass is 9.78. The highest BCUT2D eigenvalue weighted by atomic mass is 16.5. The summed E-state index contributed by atoms with van der Waals surface area (Å²) in [7, 11) is 0. The van der Waals surface area contributed by atoms with Crippen LogP contribution in [0.2, 0.25) is 0 Å². The minimum atomic E-state index is -0.173. The third-order valence-corrected chi connectivity index (χ3v) is 6.15. The molecule has 0 heterocycles. The molecular weight excluding hydrogens is 492 g/mol. The highest BCUT2D eigenvalue weighted by Gasteiger charge is 2.23. The van der Waals surface area contributed by atoms with E-state index >= 15 is 0 Å². The maximum Gasteiger partial charge on any atom is 0.122 e. The molecule has 0 saturated heterocycles. The molecule has 0 aromatic heterocycles. The van der Waals surface area contributed by atoms with Gasteiger partial charge in [-0.05, 0) is 83.9 Å². The zero-order chi connectivity index (χ0) is 26.1. The van der Waals surface area contributed by atoms with Crippen molar-refractivity contribution < 1.29 is 18.9 Å². The van der Waals surface area contributed by atoms with Crippen LogP contribution in [-0.4, -0.2) is 26.4 Å². The highest BCUT2D eigenvalue weighted by Crippen LogP contribution is 2.33. The van der Waals surface area contributed by atoms with E-state index in [4.69, 9.17) is 30.4 Å². The summed E-state index contributed by atoms with van der Waals surface area (Å²) < 4.78 is 23.0. The van der Waals surface area contributed by atoms with Gasteiger partial charge in [0.05, 0.1) is 0 Å². The lowest BCUT2D eigenvalue weighted by molar-refractivity contribution is 0.217. The summed E-state index contributed by atoms with van der Waals surface area (Å²) in [6, 6.07) is 31.1. The first-order chi connectivity index (χ1) is 17.9. The fourth-order valence-electron chi connectivity index (χ4n) is 3.87. The highest BCUT2D eigenvalue weighted by molar-refractivity contribution is 5.43. The first kappa shape index (κ1) is 30.8. The van der Waals surface area contributed by atoms with Crippen LogP contribution in [-0.2, 0) is 5.41 Å². The van der Waals surface area contributed by atoms with Gasteiger partial charge in [-0.25, -0.2) is 0 Å². The van der Waals surface area contributed by atoms with E-state index < -0.39 is 0 Å². The number of hydrogen-bond acceptors (Lipinski definition) is 8. The molecule has 0 saturated carbocycles. The van der Waals surface area contributed by atoms with E-state index in [1.807, 2.05) is 72.8 Å². The van der Waals surface area contributed by atoms with Crippen LogP contribution in [0.5, 0.6) is 23.0 Å². The molecule has 0 aliphatic heterocycles. The van der Waals surface area contributed by atoms with E-state index in [1.165, 1.54) is 11.1 Å². The molecule has 4 aromatic carbocycles. The lowest BCUT2D eigenvalue weighted by Gasteiger charge is -2.26. The van der Waals surface area contributed by atoms with Crippen LogP contribution < -0.4 is 42.7 Å². The van der Waals surface area contributed by atoms with E-state index in [9.17, 15) is 0 Å². The second-order valence-electron chi connectivity index (χ2n) is 9.21. The molecule has 0 spiro atoms. The molecule has 8 nitrogen and oxygen atoms in total. The lowest BCUT2D eigenvalue weighted by Crippen LogP contribution is -2.19. The van der Waals surface area contributed by atoms with Crippen molar-refractivity contribution in [2.75, 3.05) is 37.9 Å². The fourth-order valence-corrected chi connectivity index (χ4v) is 3.87. The van der Waals surface area contributed by atoms with Gasteiger partial charge in [-0.15, -0.1) is 0 Å². The van der Waals surface area contributed by atoms with Crippen LogP contribution in [0.15, 0.2) is 97.1 Å². The molecule has 0 unspecified atom stereocenters. The Labute approximate surface area is 231 Å². The van der Waals surface area contributed by atoms with Gasteiger partial charge < -0.3 is 42.7 Å². The van der Waals surface area contributed by atoms with E-state index in [0.29, 0.717) is 37.8 Å². The maximum atomic E-state index is 5.84. The predicted molar refractivity (Wildman–Crippen MR) is 159 cm³/mol. The zero-order valence-electron chi connectivity index (χ0n) is 22.8. The molecule has 0 bridgehead atoms. The number of nitrogen functional groups attached to an aromatic ring is 2. The molecular formula is C31H40N4O4. The van der Waals surface area contributed by atoms with E-state index in [0.717, 1.165) is 23.0 Å². The van der Waals surface area contributed by atoms with Gasteiger partial charge >= 0.3 is 0 Å². The molecule has 8 heteroatoms. The second kappa shape index (κ2) is 14.5. The van der Waals surface area contributed by atoms with Gasteiger partial charge in [0.25, 0.3) is 0 Å². The Kier molecular flexibility index (Phi) is 11.5. The van der Waals surface area contributed by atoms with E-state index in [2.05, 4.69) is 38.1 Å². The van der Waals surface area contributed by atoms with Gasteiger partial charge in [0.2, 0.25) is 0 Å². The second-order valence-corrected chi connectivity index (χ2v) is 9.21. The average Bonchev–Trinajstić information content (AvgIpc) is 2.92. The monoisotopic (exact) mass is 532 g/mol. The summed E-state index contributed by atoms with van der Waals surface area (Å²) in [5, 5.41) is 0. The maximum absolute atomic E-state index is 5.84. The molecule has 10 N–H and O–H groups in total. The fraction of sp³-hybridized carbons (Fsp3) is 0.226. The van der Waals surface area contributed by atoms with Crippen molar-refractivity contribution in [2.24, 2.45) is 0 Å². The third-order valence-electron chi connectivity index (χ3n) is 6.15. The molecule has 0 amide bonds. The van der Waals surface area contributed by atoms with Crippen molar-refractivity contribution >= 4 is 11.4 Å². The summed E-state index contributed by atoms with van der Waals surface area (Å²) in [6.45, 7) is 6.25. The molecule has 0 radical (unpaired) electrons. The molecule has 208 valence electrons. The topological polar surface area (TPSA) is 159 Å². The van der Waals surface area contributed by atoms with Gasteiger partial charge in [-0.2, -0.15) is 0 Å². The largest absolute Gasteiger partial charge is 0.490 e. The Hall–Kier alpha value is -4.40. The normalized spacial score (nSPS) is 10.5. The van der Waals surface area contributed by atoms with E-state index in [-0.39, 0.29) is 17.7 Å². The Morgan fingerprint density at radius 3 is 0.923 bits per heavy atom. The number of hydrogen-bond donors (Lipinski definition) is 4. The number of rotatable bonds is 12. The van der Waals surface area contributed by atoms with Crippen molar-refractivity contribution in [1.29, 1.82) is 0 Å². The Morgan fingerprint density at radius 1 is 0.436 bits per heavy atom. The number of benzene rings is 4. The average molecular weight is 533 g/mol. The Balaban J connectivity index is 0.00000267. The summed E-state index contributed by atoms with van der Waals surface area (Å²) in [4.78, 5) is 0. The van der Waals surface area contributed by atoms with Crippen molar-refractivity contribution in [3.05, 3.63) is 108 Å². The predicted octanol–water partition coefficient (Wildman–Crippen LogP) is 6.42. The first-order valence-electron chi connectivity index (χ1n) is 12.3. The summed E-state index contributed by atoms with van der Waals surface area (Å²) in [6.07, 6.45) is 0. The third kappa shape index (κ3) is 8.84. The van der Waals surface area contributed by atoms with Crippen molar-refractivity contribution in [1.82, 2.24) is 12.3 Å². The molecule has 39 heavy (non-hydrogen) atoms. The summed E-state index contributed by atoms with van der Waals surface area (Å²) in [5.41, 5.74) is 15.0. The SMILES string of the molecule is CC(C)(c1ccc(OCCOc2ccc(N)cc2)cc1)c1ccc(OCCOc2ccc(N)cc2)cc1.N.N. The summed E-state index contributed by atoms with van der Waals surface area (Å²) >= 11 is 0. The standard InChI is InChI=1S/C31H34N2O4.2H3N/c1-31(2,23-3-11-27(12-4-23)34-19-21-36-29-15-7-25(32)8-16-29)24-5-13-28(14-6-24)35-20-22-37-30-17-9-26(33)10-18-30;;/h3-18H,19-22,32-33H2,1-2H3;2*1H3. The molecule has 0 aliphatic rings. The van der Waals surface area contributed by atoms with Crippen molar-refractivity contribution in [3.8, 4) is 23.0 Å². The van der Waals surface area contributed by atoms with Gasteiger partial charge in [0.15, 0.2) is 0 Å².